The second-order valence-corrected chi connectivity index (χ2v) is 23.4. The zero-order chi connectivity index (χ0) is 16.4. The van der Waals surface area contributed by atoms with E-state index in [1.807, 2.05) is 0 Å². The van der Waals surface area contributed by atoms with Gasteiger partial charge in [0.05, 0.1) is 0 Å². The van der Waals surface area contributed by atoms with E-state index in [9.17, 15) is 0 Å². The zero-order valence-electron chi connectivity index (χ0n) is 16.4. The van der Waals surface area contributed by atoms with Crippen LogP contribution in [0, 0.1) is 0 Å². The maximum atomic E-state index is 2.37. The minimum absolute atomic E-state index is 1.30. The second kappa shape index (κ2) is 11.4. The summed E-state index contributed by atoms with van der Waals surface area (Å²) in [6.07, 6.45) is 25.1. The van der Waals surface area contributed by atoms with Crippen LogP contribution in [0.25, 0.3) is 0 Å². The fourth-order valence-electron chi connectivity index (χ4n) is 6.04. The van der Waals surface area contributed by atoms with E-state index in [1.165, 1.54) is 33.6 Å². The van der Waals surface area contributed by atoms with Gasteiger partial charge in [-0.05, 0) is 0 Å². The average Bonchev–Trinajstić information content (AvgIpc) is 3.27. The summed E-state index contributed by atoms with van der Waals surface area (Å²) in [4.78, 5) is 0. The normalized spacial score (nSPS) is 20.6. The summed E-state index contributed by atoms with van der Waals surface area (Å²) in [5.41, 5.74) is 0. The Labute approximate surface area is 151 Å². The maximum absolute atomic E-state index is 2.37. The van der Waals surface area contributed by atoms with Gasteiger partial charge in [0.25, 0.3) is 0 Å². The average molecular weight is 427 g/mol. The van der Waals surface area contributed by atoms with Crippen LogP contribution in [0.2, 0.25) is 16.7 Å². The molecule has 2 aliphatic rings. The van der Waals surface area contributed by atoms with Gasteiger partial charge in [-0.15, -0.1) is 0 Å². The molecule has 0 aliphatic heterocycles. The van der Waals surface area contributed by atoms with E-state index in [0.29, 0.717) is 0 Å². The SMILES string of the molecule is CCCCC[CH2][Sn]([CH2]CCCCC)([CH]1CCCC1)[CH]1CCCC1. The third-order valence-corrected chi connectivity index (χ3v) is 27.2. The second-order valence-electron chi connectivity index (χ2n) is 8.82. The van der Waals surface area contributed by atoms with Gasteiger partial charge < -0.3 is 0 Å². The van der Waals surface area contributed by atoms with Gasteiger partial charge in [0.2, 0.25) is 0 Å². The number of hydrogen-bond acceptors (Lipinski definition) is 0. The molecule has 0 radical (unpaired) electrons. The van der Waals surface area contributed by atoms with Crippen LogP contribution in [0.3, 0.4) is 0 Å². The first kappa shape index (κ1) is 20.1. The van der Waals surface area contributed by atoms with Gasteiger partial charge in [0.15, 0.2) is 0 Å². The quantitative estimate of drug-likeness (QED) is 0.216. The van der Waals surface area contributed by atoms with E-state index in [0.717, 1.165) is 0 Å². The summed E-state index contributed by atoms with van der Waals surface area (Å²) in [6.45, 7) is 4.74. The van der Waals surface area contributed by atoms with Crippen LogP contribution in [0.15, 0.2) is 0 Å². The molecule has 0 atom stereocenters. The summed E-state index contributed by atoms with van der Waals surface area (Å²) < 4.78 is 6.18. The zero-order valence-corrected chi connectivity index (χ0v) is 19.2. The van der Waals surface area contributed by atoms with Gasteiger partial charge in [0, 0.05) is 0 Å². The van der Waals surface area contributed by atoms with E-state index in [4.69, 9.17) is 0 Å². The molecule has 0 bridgehead atoms. The molecular weight excluding hydrogens is 383 g/mol. The molecular formula is C22H44Sn. The summed E-state index contributed by atoms with van der Waals surface area (Å²) in [6, 6.07) is 0. The van der Waals surface area contributed by atoms with Gasteiger partial charge >= 0.3 is 152 Å². The molecule has 0 unspecified atom stereocenters. The monoisotopic (exact) mass is 428 g/mol. The Morgan fingerprint density at radius 1 is 0.565 bits per heavy atom. The molecule has 2 fully saturated rings. The summed E-state index contributed by atoms with van der Waals surface area (Å²) in [5.74, 6) is 0. The van der Waals surface area contributed by atoms with Crippen LogP contribution in [0.5, 0.6) is 0 Å². The van der Waals surface area contributed by atoms with Crippen molar-refractivity contribution >= 4 is 18.4 Å². The first-order chi connectivity index (χ1) is 11.3. The van der Waals surface area contributed by atoms with Crippen LogP contribution in [0.4, 0.5) is 0 Å². The molecule has 23 heavy (non-hydrogen) atoms. The molecule has 0 aromatic rings. The standard InChI is InChI=1S/2C6H13.2C5H9.Sn/c2*1-3-5-6-4-2;2*1-2-4-5-3-1;/h2*1,3-6H2,2H3;2*1H,2-5H2;. The summed E-state index contributed by atoms with van der Waals surface area (Å²) in [5, 5.41) is 0. The van der Waals surface area contributed by atoms with E-state index >= 15 is 0 Å². The van der Waals surface area contributed by atoms with Crippen molar-refractivity contribution in [3.63, 3.8) is 0 Å². The summed E-state index contributed by atoms with van der Waals surface area (Å²) >= 11 is -1.94. The molecule has 0 N–H and O–H groups in total. The van der Waals surface area contributed by atoms with Crippen molar-refractivity contribution in [3.05, 3.63) is 0 Å². The van der Waals surface area contributed by atoms with E-state index < -0.39 is 18.4 Å². The first-order valence-electron chi connectivity index (χ1n) is 11.3. The molecule has 0 saturated heterocycles. The fourth-order valence-corrected chi connectivity index (χ4v) is 27.4. The van der Waals surface area contributed by atoms with Crippen molar-refractivity contribution in [1.29, 1.82) is 0 Å². The Balaban J connectivity index is 2.02. The number of rotatable bonds is 12. The molecule has 0 nitrogen and oxygen atoms in total. The van der Waals surface area contributed by atoms with Crippen LogP contribution >= 0.6 is 0 Å². The molecule has 2 rings (SSSR count). The first-order valence-corrected chi connectivity index (χ1v) is 18.7. The van der Waals surface area contributed by atoms with Crippen molar-refractivity contribution in [2.24, 2.45) is 0 Å². The molecule has 1 heteroatoms. The topological polar surface area (TPSA) is 0 Å². The van der Waals surface area contributed by atoms with Crippen LogP contribution in [-0.4, -0.2) is 18.4 Å². The van der Waals surface area contributed by atoms with Crippen molar-refractivity contribution in [3.8, 4) is 0 Å². The van der Waals surface area contributed by atoms with Gasteiger partial charge in [-0.25, -0.2) is 0 Å². The number of hydrogen-bond donors (Lipinski definition) is 0. The molecule has 136 valence electrons. The van der Waals surface area contributed by atoms with Crippen molar-refractivity contribution in [2.45, 2.75) is 133 Å². The Hall–Kier alpha value is 0.799. The van der Waals surface area contributed by atoms with Gasteiger partial charge in [0.1, 0.15) is 0 Å². The molecule has 0 aromatic carbocycles. The van der Waals surface area contributed by atoms with Crippen molar-refractivity contribution < 1.29 is 0 Å². The molecule has 2 saturated carbocycles. The summed E-state index contributed by atoms with van der Waals surface area (Å²) in [7, 11) is 0. The van der Waals surface area contributed by atoms with Crippen LogP contribution < -0.4 is 0 Å². The molecule has 2 aliphatic carbocycles. The Morgan fingerprint density at radius 2 is 0.957 bits per heavy atom. The molecule has 0 amide bonds. The number of unbranched alkanes of at least 4 members (excludes halogenated alkanes) is 6. The van der Waals surface area contributed by atoms with E-state index in [2.05, 4.69) is 13.8 Å². The Bertz CT molecular complexity index is 256. The third kappa shape index (κ3) is 5.93. The van der Waals surface area contributed by atoms with Crippen LogP contribution in [0.1, 0.15) is 117 Å². The van der Waals surface area contributed by atoms with Crippen molar-refractivity contribution in [2.75, 3.05) is 0 Å². The van der Waals surface area contributed by atoms with Gasteiger partial charge in [-0.1, -0.05) is 0 Å². The molecule has 0 heterocycles. The Kier molecular flexibility index (Phi) is 9.99. The van der Waals surface area contributed by atoms with E-state index in [1.54, 1.807) is 85.9 Å². The molecule has 0 spiro atoms. The minimum atomic E-state index is -1.94. The predicted molar refractivity (Wildman–Crippen MR) is 108 cm³/mol. The van der Waals surface area contributed by atoms with E-state index in [-0.39, 0.29) is 0 Å². The van der Waals surface area contributed by atoms with Gasteiger partial charge in [-0.3, -0.25) is 0 Å². The van der Waals surface area contributed by atoms with Crippen molar-refractivity contribution in [1.82, 2.24) is 0 Å². The Morgan fingerprint density at radius 3 is 1.30 bits per heavy atom. The van der Waals surface area contributed by atoms with Gasteiger partial charge in [-0.2, -0.15) is 0 Å². The molecule has 0 aromatic heterocycles. The fraction of sp³-hybridized carbons (Fsp3) is 1.00. The van der Waals surface area contributed by atoms with Crippen LogP contribution in [-0.2, 0) is 0 Å². The third-order valence-electron chi connectivity index (χ3n) is 7.33. The predicted octanol–water partition coefficient (Wildman–Crippen LogP) is 8.48.